The summed E-state index contributed by atoms with van der Waals surface area (Å²) < 4.78 is 7.94. The number of nitrogens with zero attached hydrogens (tertiary/aromatic N) is 2. The van der Waals surface area contributed by atoms with Gasteiger partial charge in [-0.05, 0) is 42.0 Å². The summed E-state index contributed by atoms with van der Waals surface area (Å²) in [5, 5.41) is 0. The third-order valence-corrected chi connectivity index (χ3v) is 3.64. The van der Waals surface area contributed by atoms with Crippen molar-refractivity contribution in [3.8, 4) is 22.7 Å². The maximum absolute atomic E-state index is 5.84. The molecule has 0 atom stereocenters. The average Bonchev–Trinajstić information content (AvgIpc) is 3.13. The first-order chi connectivity index (χ1) is 10.3. The molecule has 0 saturated heterocycles. The van der Waals surface area contributed by atoms with Crippen molar-refractivity contribution in [1.29, 1.82) is 0 Å². The Kier molecular flexibility index (Phi) is 2.64. The monoisotopic (exact) mass is 274 g/mol. The molecule has 0 saturated carbocycles. The molecule has 0 aliphatic heterocycles. The van der Waals surface area contributed by atoms with Gasteiger partial charge in [0.2, 0.25) is 5.89 Å². The van der Waals surface area contributed by atoms with E-state index < -0.39 is 0 Å². The van der Waals surface area contributed by atoms with Gasteiger partial charge in [-0.1, -0.05) is 24.3 Å². The first kappa shape index (κ1) is 12.0. The maximum atomic E-state index is 5.84. The SMILES string of the molecule is Cn1cccc1-c1cccc(-c2nc3ccccc3o2)c1. The number of oxazole rings is 1. The maximum Gasteiger partial charge on any atom is 0.227 e. The Labute approximate surface area is 122 Å². The third kappa shape index (κ3) is 2.03. The number of fused-ring (bicyclic) bond motifs is 1. The zero-order chi connectivity index (χ0) is 14.2. The molecule has 4 aromatic rings. The van der Waals surface area contributed by atoms with Crippen LogP contribution in [0, 0.1) is 0 Å². The molecule has 0 amide bonds. The Morgan fingerprint density at radius 2 is 1.76 bits per heavy atom. The molecule has 0 spiro atoms. The van der Waals surface area contributed by atoms with Gasteiger partial charge in [-0.2, -0.15) is 0 Å². The molecule has 3 heteroatoms. The van der Waals surface area contributed by atoms with Crippen LogP contribution < -0.4 is 0 Å². The molecule has 0 N–H and O–H groups in total. The summed E-state index contributed by atoms with van der Waals surface area (Å²) in [7, 11) is 2.04. The van der Waals surface area contributed by atoms with Crippen LogP contribution in [-0.2, 0) is 7.05 Å². The van der Waals surface area contributed by atoms with Crippen LogP contribution in [0.1, 0.15) is 0 Å². The molecular weight excluding hydrogens is 260 g/mol. The number of aromatic nitrogens is 2. The van der Waals surface area contributed by atoms with E-state index in [1.165, 1.54) is 5.69 Å². The number of hydrogen-bond acceptors (Lipinski definition) is 2. The summed E-state index contributed by atoms with van der Waals surface area (Å²) in [6, 6.07) is 20.2. The quantitative estimate of drug-likeness (QED) is 0.539. The average molecular weight is 274 g/mol. The van der Waals surface area contributed by atoms with E-state index in [0.29, 0.717) is 5.89 Å². The Morgan fingerprint density at radius 3 is 2.57 bits per heavy atom. The first-order valence-corrected chi connectivity index (χ1v) is 6.89. The van der Waals surface area contributed by atoms with Crippen LogP contribution in [0.2, 0.25) is 0 Å². The summed E-state index contributed by atoms with van der Waals surface area (Å²) in [5.41, 5.74) is 5.02. The van der Waals surface area contributed by atoms with Crippen LogP contribution in [0.5, 0.6) is 0 Å². The number of rotatable bonds is 2. The number of hydrogen-bond donors (Lipinski definition) is 0. The van der Waals surface area contributed by atoms with Crippen LogP contribution in [0.15, 0.2) is 71.3 Å². The third-order valence-electron chi connectivity index (χ3n) is 3.64. The summed E-state index contributed by atoms with van der Waals surface area (Å²) >= 11 is 0. The second-order valence-corrected chi connectivity index (χ2v) is 5.07. The van der Waals surface area contributed by atoms with Crippen molar-refractivity contribution >= 4 is 11.1 Å². The topological polar surface area (TPSA) is 31.0 Å². The normalized spacial score (nSPS) is 11.1. The summed E-state index contributed by atoms with van der Waals surface area (Å²) in [6.07, 6.45) is 2.04. The lowest BCUT2D eigenvalue weighted by atomic mass is 10.1. The fraction of sp³-hybridized carbons (Fsp3) is 0.0556. The van der Waals surface area contributed by atoms with Gasteiger partial charge in [0.15, 0.2) is 5.58 Å². The second kappa shape index (κ2) is 4.63. The molecule has 21 heavy (non-hydrogen) atoms. The van der Waals surface area contributed by atoms with E-state index in [1.54, 1.807) is 0 Å². The van der Waals surface area contributed by atoms with E-state index in [1.807, 2.05) is 55.7 Å². The standard InChI is InChI=1S/C18H14N2O/c1-20-11-5-9-16(20)13-6-4-7-14(12-13)18-19-15-8-2-3-10-17(15)21-18/h2-12H,1H3. The van der Waals surface area contributed by atoms with Gasteiger partial charge >= 0.3 is 0 Å². The van der Waals surface area contributed by atoms with Crippen LogP contribution >= 0.6 is 0 Å². The zero-order valence-electron chi connectivity index (χ0n) is 11.7. The van der Waals surface area contributed by atoms with Gasteiger partial charge in [0.05, 0.1) is 0 Å². The van der Waals surface area contributed by atoms with E-state index in [0.717, 1.165) is 22.2 Å². The van der Waals surface area contributed by atoms with Gasteiger partial charge in [-0.15, -0.1) is 0 Å². The molecule has 0 bridgehead atoms. The van der Waals surface area contributed by atoms with Gasteiger partial charge in [0, 0.05) is 24.5 Å². The van der Waals surface area contributed by atoms with Crippen molar-refractivity contribution in [2.24, 2.45) is 7.05 Å². The highest BCUT2D eigenvalue weighted by Crippen LogP contribution is 2.28. The smallest absolute Gasteiger partial charge is 0.227 e. The molecule has 4 rings (SSSR count). The molecule has 0 aliphatic rings. The number of para-hydroxylation sites is 2. The molecule has 0 aliphatic carbocycles. The van der Waals surface area contributed by atoms with E-state index in [9.17, 15) is 0 Å². The van der Waals surface area contributed by atoms with Crippen LogP contribution in [0.3, 0.4) is 0 Å². The highest BCUT2D eigenvalue weighted by molar-refractivity contribution is 5.77. The minimum atomic E-state index is 0.659. The van der Waals surface area contributed by atoms with Crippen molar-refractivity contribution in [3.63, 3.8) is 0 Å². The lowest BCUT2D eigenvalue weighted by molar-refractivity contribution is 0.620. The molecule has 102 valence electrons. The Morgan fingerprint density at radius 1 is 0.905 bits per heavy atom. The van der Waals surface area contributed by atoms with Gasteiger partial charge < -0.3 is 8.98 Å². The van der Waals surface area contributed by atoms with Crippen LogP contribution in [0.25, 0.3) is 33.8 Å². The van der Waals surface area contributed by atoms with Crippen LogP contribution in [0.4, 0.5) is 0 Å². The molecule has 2 aromatic heterocycles. The van der Waals surface area contributed by atoms with E-state index in [-0.39, 0.29) is 0 Å². The molecule has 2 heterocycles. The van der Waals surface area contributed by atoms with Crippen LogP contribution in [-0.4, -0.2) is 9.55 Å². The Balaban J connectivity index is 1.84. The number of benzene rings is 2. The van der Waals surface area contributed by atoms with Crippen molar-refractivity contribution in [1.82, 2.24) is 9.55 Å². The lowest BCUT2D eigenvalue weighted by Gasteiger charge is -2.04. The van der Waals surface area contributed by atoms with Gasteiger partial charge in [-0.25, -0.2) is 4.98 Å². The van der Waals surface area contributed by atoms with E-state index >= 15 is 0 Å². The second-order valence-electron chi connectivity index (χ2n) is 5.07. The van der Waals surface area contributed by atoms with Crippen molar-refractivity contribution in [3.05, 3.63) is 66.9 Å². The predicted molar refractivity (Wildman–Crippen MR) is 83.9 cm³/mol. The molecule has 0 fully saturated rings. The first-order valence-electron chi connectivity index (χ1n) is 6.89. The van der Waals surface area contributed by atoms with Crippen molar-refractivity contribution in [2.75, 3.05) is 0 Å². The van der Waals surface area contributed by atoms with Gasteiger partial charge in [0.1, 0.15) is 5.52 Å². The molecule has 0 radical (unpaired) electrons. The molecule has 3 nitrogen and oxygen atoms in total. The Hall–Kier alpha value is -2.81. The minimum Gasteiger partial charge on any atom is -0.436 e. The predicted octanol–water partition coefficient (Wildman–Crippen LogP) is 4.50. The molecular formula is C18H14N2O. The lowest BCUT2D eigenvalue weighted by Crippen LogP contribution is -1.89. The van der Waals surface area contributed by atoms with Gasteiger partial charge in [-0.3, -0.25) is 0 Å². The summed E-state index contributed by atoms with van der Waals surface area (Å²) in [5.74, 6) is 0.659. The highest BCUT2D eigenvalue weighted by atomic mass is 16.3. The summed E-state index contributed by atoms with van der Waals surface area (Å²) in [6.45, 7) is 0. The highest BCUT2D eigenvalue weighted by Gasteiger charge is 2.09. The summed E-state index contributed by atoms with van der Waals surface area (Å²) in [4.78, 5) is 4.55. The molecule has 0 unspecified atom stereocenters. The van der Waals surface area contributed by atoms with Crippen molar-refractivity contribution in [2.45, 2.75) is 0 Å². The fourth-order valence-corrected chi connectivity index (χ4v) is 2.57. The largest absolute Gasteiger partial charge is 0.436 e. The van der Waals surface area contributed by atoms with E-state index in [4.69, 9.17) is 4.42 Å². The molecule has 2 aromatic carbocycles. The number of aryl methyl sites for hydroxylation is 1. The Bertz CT molecular complexity index is 885. The van der Waals surface area contributed by atoms with Gasteiger partial charge in [0.25, 0.3) is 0 Å². The van der Waals surface area contributed by atoms with E-state index in [2.05, 4.69) is 27.8 Å². The minimum absolute atomic E-state index is 0.659. The fourth-order valence-electron chi connectivity index (χ4n) is 2.57. The van der Waals surface area contributed by atoms with Crippen molar-refractivity contribution < 1.29 is 4.42 Å². The zero-order valence-corrected chi connectivity index (χ0v) is 11.7.